The summed E-state index contributed by atoms with van der Waals surface area (Å²) in [6.07, 6.45) is 3.70. The summed E-state index contributed by atoms with van der Waals surface area (Å²) in [6, 6.07) is 2.21. The Morgan fingerprint density at radius 2 is 2.33 bits per heavy atom. The summed E-state index contributed by atoms with van der Waals surface area (Å²) in [7, 11) is 1.81. The third-order valence-corrected chi connectivity index (χ3v) is 4.00. The van der Waals surface area contributed by atoms with E-state index in [-0.39, 0.29) is 0 Å². The minimum absolute atomic E-state index is 0.471. The molecular weight excluding hydrogens is 208 g/mol. The predicted octanol–water partition coefficient (Wildman–Crippen LogP) is 1.61. The van der Waals surface area contributed by atoms with Crippen LogP contribution in [-0.4, -0.2) is 14.8 Å². The third-order valence-electron chi connectivity index (χ3n) is 2.76. The standard InChI is InChI=1S/C10H12N4S/c1-14-10(11)12-9(13-14)8-5-6-3-2-4-7(6)15-8/h5H,2-4H2,1H3,(H2,11,12,13). The SMILES string of the molecule is Cn1nc(-c2cc3c(s2)CCC3)nc1N. The number of nitrogen functional groups attached to an aromatic ring is 1. The molecule has 2 aromatic heterocycles. The maximum absolute atomic E-state index is 5.66. The molecule has 4 nitrogen and oxygen atoms in total. The van der Waals surface area contributed by atoms with Gasteiger partial charge in [-0.3, -0.25) is 0 Å². The van der Waals surface area contributed by atoms with Gasteiger partial charge in [0.2, 0.25) is 5.95 Å². The van der Waals surface area contributed by atoms with Gasteiger partial charge in [0.05, 0.1) is 4.88 Å². The van der Waals surface area contributed by atoms with Gasteiger partial charge in [0.25, 0.3) is 0 Å². The second-order valence-electron chi connectivity index (χ2n) is 3.83. The maximum atomic E-state index is 5.66. The number of aromatic nitrogens is 3. The van der Waals surface area contributed by atoms with Crippen molar-refractivity contribution >= 4 is 17.3 Å². The first-order chi connectivity index (χ1) is 7.24. The Hall–Kier alpha value is -1.36. The number of aryl methyl sites for hydroxylation is 3. The lowest BCUT2D eigenvalue weighted by Gasteiger charge is -1.88. The van der Waals surface area contributed by atoms with Crippen molar-refractivity contribution in [2.24, 2.45) is 7.05 Å². The zero-order valence-corrected chi connectivity index (χ0v) is 9.34. The van der Waals surface area contributed by atoms with E-state index in [2.05, 4.69) is 16.1 Å². The molecule has 0 saturated heterocycles. The van der Waals surface area contributed by atoms with Crippen molar-refractivity contribution in [1.29, 1.82) is 0 Å². The van der Waals surface area contributed by atoms with E-state index in [0.717, 1.165) is 10.7 Å². The molecule has 0 aliphatic heterocycles. The van der Waals surface area contributed by atoms with Crippen LogP contribution in [-0.2, 0) is 19.9 Å². The van der Waals surface area contributed by atoms with Crippen LogP contribution >= 0.6 is 11.3 Å². The van der Waals surface area contributed by atoms with Crippen LogP contribution in [0.4, 0.5) is 5.95 Å². The molecule has 78 valence electrons. The van der Waals surface area contributed by atoms with Crippen molar-refractivity contribution in [2.75, 3.05) is 5.73 Å². The highest BCUT2D eigenvalue weighted by Gasteiger charge is 2.17. The van der Waals surface area contributed by atoms with Gasteiger partial charge in [0.1, 0.15) is 0 Å². The van der Waals surface area contributed by atoms with Gasteiger partial charge in [-0.25, -0.2) is 4.68 Å². The van der Waals surface area contributed by atoms with E-state index >= 15 is 0 Å². The van der Waals surface area contributed by atoms with E-state index in [1.165, 1.54) is 29.7 Å². The van der Waals surface area contributed by atoms with Gasteiger partial charge in [-0.2, -0.15) is 4.98 Å². The van der Waals surface area contributed by atoms with Crippen molar-refractivity contribution in [3.63, 3.8) is 0 Å². The van der Waals surface area contributed by atoms with E-state index < -0.39 is 0 Å². The molecule has 0 unspecified atom stereocenters. The van der Waals surface area contributed by atoms with Crippen LogP contribution in [0.3, 0.4) is 0 Å². The molecule has 1 aliphatic rings. The zero-order valence-electron chi connectivity index (χ0n) is 8.53. The van der Waals surface area contributed by atoms with Crippen LogP contribution in [0.15, 0.2) is 6.07 Å². The van der Waals surface area contributed by atoms with Gasteiger partial charge in [-0.15, -0.1) is 16.4 Å². The van der Waals surface area contributed by atoms with Gasteiger partial charge < -0.3 is 5.73 Å². The number of rotatable bonds is 1. The molecule has 0 amide bonds. The Bertz CT molecular complexity index is 470. The van der Waals surface area contributed by atoms with Crippen molar-refractivity contribution in [2.45, 2.75) is 19.3 Å². The lowest BCUT2D eigenvalue weighted by molar-refractivity contribution is 0.781. The Morgan fingerprint density at radius 3 is 3.00 bits per heavy atom. The molecule has 0 bridgehead atoms. The summed E-state index contributed by atoms with van der Waals surface area (Å²) in [4.78, 5) is 6.88. The molecule has 0 saturated carbocycles. The van der Waals surface area contributed by atoms with Crippen molar-refractivity contribution in [1.82, 2.24) is 14.8 Å². The molecule has 0 atom stereocenters. The van der Waals surface area contributed by atoms with E-state index in [4.69, 9.17) is 5.73 Å². The Labute approximate surface area is 91.7 Å². The fourth-order valence-corrected chi connectivity index (χ4v) is 3.12. The molecular formula is C10H12N4S. The number of thiophene rings is 1. The number of nitrogens with two attached hydrogens (primary N) is 1. The first kappa shape index (κ1) is 8.91. The van der Waals surface area contributed by atoms with Gasteiger partial charge in [-0.05, 0) is 30.9 Å². The van der Waals surface area contributed by atoms with Crippen LogP contribution in [0.1, 0.15) is 16.9 Å². The van der Waals surface area contributed by atoms with Crippen molar-refractivity contribution in [3.05, 3.63) is 16.5 Å². The summed E-state index contributed by atoms with van der Waals surface area (Å²) in [5.74, 6) is 1.23. The number of fused-ring (bicyclic) bond motifs is 1. The topological polar surface area (TPSA) is 56.7 Å². The molecule has 0 fully saturated rings. The minimum Gasteiger partial charge on any atom is -0.368 e. The smallest absolute Gasteiger partial charge is 0.218 e. The average Bonchev–Trinajstić information content (AvgIpc) is 2.80. The molecule has 0 spiro atoms. The molecule has 0 radical (unpaired) electrons. The predicted molar refractivity (Wildman–Crippen MR) is 60.8 cm³/mol. The summed E-state index contributed by atoms with van der Waals surface area (Å²) in [6.45, 7) is 0. The normalized spacial score (nSPS) is 14.5. The van der Waals surface area contributed by atoms with Crippen LogP contribution < -0.4 is 5.73 Å². The quantitative estimate of drug-likeness (QED) is 0.794. The van der Waals surface area contributed by atoms with Crippen molar-refractivity contribution in [3.8, 4) is 10.7 Å². The number of nitrogens with zero attached hydrogens (tertiary/aromatic N) is 3. The van der Waals surface area contributed by atoms with Crippen LogP contribution in [0.2, 0.25) is 0 Å². The maximum Gasteiger partial charge on any atom is 0.218 e. The number of hydrogen-bond donors (Lipinski definition) is 1. The lowest BCUT2D eigenvalue weighted by atomic mass is 10.2. The van der Waals surface area contributed by atoms with E-state index in [9.17, 15) is 0 Å². The van der Waals surface area contributed by atoms with Crippen LogP contribution in [0.5, 0.6) is 0 Å². The molecule has 2 heterocycles. The number of hydrogen-bond acceptors (Lipinski definition) is 4. The fraction of sp³-hybridized carbons (Fsp3) is 0.400. The second-order valence-corrected chi connectivity index (χ2v) is 4.97. The number of anilines is 1. The third kappa shape index (κ3) is 1.34. The Kier molecular flexibility index (Phi) is 1.82. The molecule has 3 rings (SSSR count). The first-order valence-corrected chi connectivity index (χ1v) is 5.84. The van der Waals surface area contributed by atoms with Gasteiger partial charge in [0.15, 0.2) is 5.82 Å². The zero-order chi connectivity index (χ0) is 10.4. The molecule has 15 heavy (non-hydrogen) atoms. The second kappa shape index (κ2) is 3.06. The summed E-state index contributed by atoms with van der Waals surface area (Å²) in [5, 5.41) is 4.28. The van der Waals surface area contributed by atoms with Crippen LogP contribution in [0, 0.1) is 0 Å². The molecule has 0 aromatic carbocycles. The molecule has 2 N–H and O–H groups in total. The Balaban J connectivity index is 2.05. The Morgan fingerprint density at radius 1 is 1.47 bits per heavy atom. The van der Waals surface area contributed by atoms with E-state index in [1.807, 2.05) is 7.05 Å². The summed E-state index contributed by atoms with van der Waals surface area (Å²) >= 11 is 1.80. The lowest BCUT2D eigenvalue weighted by Crippen LogP contribution is -1.97. The summed E-state index contributed by atoms with van der Waals surface area (Å²) in [5.41, 5.74) is 7.14. The highest BCUT2D eigenvalue weighted by molar-refractivity contribution is 7.15. The van der Waals surface area contributed by atoms with Crippen LogP contribution in [0.25, 0.3) is 10.7 Å². The minimum atomic E-state index is 0.471. The summed E-state index contributed by atoms with van der Waals surface area (Å²) < 4.78 is 1.61. The van der Waals surface area contributed by atoms with E-state index in [1.54, 1.807) is 16.0 Å². The molecule has 5 heteroatoms. The van der Waals surface area contributed by atoms with E-state index in [0.29, 0.717) is 5.95 Å². The van der Waals surface area contributed by atoms with Gasteiger partial charge in [-0.1, -0.05) is 0 Å². The first-order valence-electron chi connectivity index (χ1n) is 5.02. The highest BCUT2D eigenvalue weighted by Crippen LogP contribution is 2.35. The van der Waals surface area contributed by atoms with Gasteiger partial charge >= 0.3 is 0 Å². The average molecular weight is 220 g/mol. The fourth-order valence-electron chi connectivity index (χ4n) is 1.94. The molecule has 2 aromatic rings. The largest absolute Gasteiger partial charge is 0.368 e. The highest BCUT2D eigenvalue weighted by atomic mass is 32.1. The van der Waals surface area contributed by atoms with Gasteiger partial charge in [0, 0.05) is 11.9 Å². The monoisotopic (exact) mass is 220 g/mol. The molecule has 1 aliphatic carbocycles. The van der Waals surface area contributed by atoms with Crippen molar-refractivity contribution < 1.29 is 0 Å².